The van der Waals surface area contributed by atoms with Crippen LogP contribution in [0.5, 0.6) is 0 Å². The summed E-state index contributed by atoms with van der Waals surface area (Å²) in [6, 6.07) is 6.49. The number of rotatable bonds is 3. The van der Waals surface area contributed by atoms with E-state index in [1.54, 1.807) is 6.92 Å². The van der Waals surface area contributed by atoms with Crippen molar-refractivity contribution in [1.82, 2.24) is 5.32 Å². The van der Waals surface area contributed by atoms with Crippen molar-refractivity contribution in [1.29, 1.82) is 0 Å². The molecule has 4 nitrogen and oxygen atoms in total. The van der Waals surface area contributed by atoms with Crippen LogP contribution in [-0.2, 0) is 15.8 Å². The van der Waals surface area contributed by atoms with Crippen molar-refractivity contribution < 1.29 is 22.8 Å². The second-order valence-electron chi connectivity index (χ2n) is 9.43. The van der Waals surface area contributed by atoms with E-state index in [0.717, 1.165) is 28.3 Å². The third-order valence-corrected chi connectivity index (χ3v) is 7.18. The maximum atomic E-state index is 13.4. The first-order valence-corrected chi connectivity index (χ1v) is 11.5. The van der Waals surface area contributed by atoms with Crippen molar-refractivity contribution in [3.63, 3.8) is 0 Å². The third kappa shape index (κ3) is 4.49. The van der Waals surface area contributed by atoms with E-state index in [0.29, 0.717) is 29.7 Å². The summed E-state index contributed by atoms with van der Waals surface area (Å²) in [6.45, 7) is 7.78. The molecule has 1 aliphatic carbocycles. The van der Waals surface area contributed by atoms with Gasteiger partial charge in [-0.15, -0.1) is 11.3 Å². The number of thiophene rings is 1. The number of benzene rings is 1. The van der Waals surface area contributed by atoms with E-state index >= 15 is 0 Å². The number of amides is 1. The molecule has 2 aliphatic rings. The Balaban J connectivity index is 1.76. The molecule has 0 spiro atoms. The van der Waals surface area contributed by atoms with Crippen LogP contribution < -0.4 is 10.6 Å². The monoisotopic (exact) mass is 474 g/mol. The Morgan fingerprint density at radius 3 is 2.55 bits per heavy atom. The molecule has 2 N–H and O–H groups in total. The lowest BCUT2D eigenvalue weighted by Gasteiger charge is -2.39. The van der Waals surface area contributed by atoms with Crippen LogP contribution in [0.2, 0.25) is 0 Å². The lowest BCUT2D eigenvalue weighted by Crippen LogP contribution is -2.39. The summed E-state index contributed by atoms with van der Waals surface area (Å²) in [5.74, 6) is -1.10. The Kier molecular flexibility index (Phi) is 5.76. The van der Waals surface area contributed by atoms with E-state index in [1.165, 1.54) is 23.5 Å². The SMILES string of the molecule is CC1=C(C(=O)Nc2cccc(C(F)(F)F)c2)[C@H](c2sccc2C)C2=C(CC(C)(C)CC2=O)N1. The lowest BCUT2D eigenvalue weighted by atomic mass is 9.69. The number of alkyl halides is 3. The quantitative estimate of drug-likeness (QED) is 0.548. The van der Waals surface area contributed by atoms with E-state index < -0.39 is 23.6 Å². The molecule has 0 fully saturated rings. The zero-order chi connectivity index (χ0) is 24.1. The minimum Gasteiger partial charge on any atom is -0.362 e. The Morgan fingerprint density at radius 1 is 1.18 bits per heavy atom. The summed E-state index contributed by atoms with van der Waals surface area (Å²) in [5, 5.41) is 7.82. The number of nitrogens with one attached hydrogen (secondary N) is 2. The fourth-order valence-corrected chi connectivity index (χ4v) is 5.70. The van der Waals surface area contributed by atoms with Crippen molar-refractivity contribution in [3.8, 4) is 0 Å². The number of hydrogen-bond acceptors (Lipinski definition) is 4. The average molecular weight is 475 g/mol. The number of aryl methyl sites for hydroxylation is 1. The largest absolute Gasteiger partial charge is 0.416 e. The van der Waals surface area contributed by atoms with Gasteiger partial charge < -0.3 is 10.6 Å². The highest BCUT2D eigenvalue weighted by molar-refractivity contribution is 7.10. The molecule has 0 bridgehead atoms. The van der Waals surface area contributed by atoms with E-state index in [-0.39, 0.29) is 16.9 Å². The van der Waals surface area contributed by atoms with Crippen molar-refractivity contribution >= 4 is 28.7 Å². The zero-order valence-corrected chi connectivity index (χ0v) is 19.6. The van der Waals surface area contributed by atoms with Gasteiger partial charge in [0.2, 0.25) is 0 Å². The molecule has 1 aromatic heterocycles. The predicted octanol–water partition coefficient (Wildman–Crippen LogP) is 6.32. The molecule has 2 heterocycles. The molecule has 0 saturated carbocycles. The Labute approximate surface area is 194 Å². The Morgan fingerprint density at radius 2 is 1.91 bits per heavy atom. The van der Waals surface area contributed by atoms with Crippen molar-refractivity contribution in [3.05, 3.63) is 74.3 Å². The van der Waals surface area contributed by atoms with Crippen LogP contribution >= 0.6 is 11.3 Å². The third-order valence-electron chi connectivity index (χ3n) is 6.10. The van der Waals surface area contributed by atoms with Crippen LogP contribution in [0.4, 0.5) is 18.9 Å². The zero-order valence-electron chi connectivity index (χ0n) is 18.8. The first-order chi connectivity index (χ1) is 15.4. The van der Waals surface area contributed by atoms with Crippen LogP contribution in [-0.4, -0.2) is 11.7 Å². The normalized spacial score (nSPS) is 20.5. The van der Waals surface area contributed by atoms with Gasteiger partial charge in [-0.25, -0.2) is 0 Å². The molecule has 174 valence electrons. The lowest BCUT2D eigenvalue weighted by molar-refractivity contribution is -0.137. The summed E-state index contributed by atoms with van der Waals surface area (Å²) in [6.07, 6.45) is -3.47. The molecule has 4 rings (SSSR count). The van der Waals surface area contributed by atoms with Gasteiger partial charge in [-0.05, 0) is 60.9 Å². The first kappa shape index (κ1) is 23.3. The van der Waals surface area contributed by atoms with Gasteiger partial charge in [-0.1, -0.05) is 19.9 Å². The van der Waals surface area contributed by atoms with E-state index in [1.807, 2.05) is 32.2 Å². The molecular formula is C25H25F3N2O2S. The number of halogens is 3. The second kappa shape index (κ2) is 8.17. The van der Waals surface area contributed by atoms with Gasteiger partial charge in [0.25, 0.3) is 5.91 Å². The topological polar surface area (TPSA) is 58.2 Å². The molecule has 33 heavy (non-hydrogen) atoms. The van der Waals surface area contributed by atoms with Gasteiger partial charge in [0.15, 0.2) is 5.78 Å². The fraction of sp³-hybridized carbons (Fsp3) is 0.360. The van der Waals surface area contributed by atoms with E-state index in [4.69, 9.17) is 0 Å². The number of Topliss-reactive ketones (excluding diaryl/α,β-unsaturated/α-hetero) is 1. The minimum atomic E-state index is -4.51. The van der Waals surface area contributed by atoms with Crippen LogP contribution in [0.3, 0.4) is 0 Å². The van der Waals surface area contributed by atoms with Gasteiger partial charge in [0.05, 0.1) is 11.5 Å². The highest BCUT2D eigenvalue weighted by atomic mass is 32.1. The number of carbonyl (C=O) groups is 2. The van der Waals surface area contributed by atoms with Gasteiger partial charge in [-0.3, -0.25) is 9.59 Å². The van der Waals surface area contributed by atoms with Crippen molar-refractivity contribution in [2.45, 2.75) is 52.6 Å². The Hall–Kier alpha value is -2.87. The van der Waals surface area contributed by atoms with Crippen LogP contribution in [0.25, 0.3) is 0 Å². The number of dihydropyridines is 1. The number of carbonyl (C=O) groups excluding carboxylic acids is 2. The maximum Gasteiger partial charge on any atom is 0.416 e. The smallest absolute Gasteiger partial charge is 0.362 e. The van der Waals surface area contributed by atoms with Gasteiger partial charge in [0.1, 0.15) is 0 Å². The van der Waals surface area contributed by atoms with Gasteiger partial charge in [-0.2, -0.15) is 13.2 Å². The second-order valence-corrected chi connectivity index (χ2v) is 10.4. The maximum absolute atomic E-state index is 13.4. The summed E-state index contributed by atoms with van der Waals surface area (Å²) < 4.78 is 39.4. The molecule has 1 atom stereocenters. The van der Waals surface area contributed by atoms with E-state index in [2.05, 4.69) is 10.6 Å². The minimum absolute atomic E-state index is 0.0107. The molecule has 1 aromatic carbocycles. The molecule has 0 radical (unpaired) electrons. The predicted molar refractivity (Wildman–Crippen MR) is 123 cm³/mol. The summed E-state index contributed by atoms with van der Waals surface area (Å²) >= 11 is 1.47. The van der Waals surface area contributed by atoms with Crippen LogP contribution in [0.1, 0.15) is 55.5 Å². The van der Waals surface area contributed by atoms with Crippen LogP contribution in [0.15, 0.2) is 58.3 Å². The summed E-state index contributed by atoms with van der Waals surface area (Å²) in [7, 11) is 0. The average Bonchev–Trinajstić information content (AvgIpc) is 3.10. The highest BCUT2D eigenvalue weighted by Gasteiger charge is 2.43. The first-order valence-electron chi connectivity index (χ1n) is 10.6. The van der Waals surface area contributed by atoms with Crippen molar-refractivity contribution in [2.24, 2.45) is 5.41 Å². The van der Waals surface area contributed by atoms with Gasteiger partial charge >= 0.3 is 6.18 Å². The molecule has 1 aliphatic heterocycles. The summed E-state index contributed by atoms with van der Waals surface area (Å²) in [4.78, 5) is 27.6. The number of allylic oxidation sites excluding steroid dienone is 3. The van der Waals surface area contributed by atoms with Gasteiger partial charge in [0, 0.05) is 39.5 Å². The molecule has 2 aromatic rings. The molecule has 1 amide bonds. The number of anilines is 1. The summed E-state index contributed by atoms with van der Waals surface area (Å²) in [5.41, 5.74) is 2.33. The molecule has 0 saturated heterocycles. The number of ketones is 1. The molecule has 8 heteroatoms. The standard InChI is InChI=1S/C25H25F3N2O2S/c1-13-8-9-33-22(13)21-19(14(2)29-17-11-24(3,4)12-18(31)20(17)21)23(32)30-16-7-5-6-15(10-16)25(26,27)28/h5-10,21,29H,11-12H2,1-4H3,(H,30,32)/t21-/m0/s1. The van der Waals surface area contributed by atoms with Crippen molar-refractivity contribution in [2.75, 3.05) is 5.32 Å². The van der Waals surface area contributed by atoms with Crippen LogP contribution in [0, 0.1) is 12.3 Å². The molecule has 0 unspecified atom stereocenters. The fourth-order valence-electron chi connectivity index (χ4n) is 4.65. The highest BCUT2D eigenvalue weighted by Crippen LogP contribution is 2.48. The number of hydrogen-bond donors (Lipinski definition) is 2. The Bertz CT molecular complexity index is 1200. The van der Waals surface area contributed by atoms with E-state index in [9.17, 15) is 22.8 Å². The molecular weight excluding hydrogens is 449 g/mol.